The molecule has 1 aromatic carbocycles. The Kier molecular flexibility index (Phi) is 7.26. The number of nitrogens with one attached hydrogen (secondary N) is 1. The number of benzene rings is 1. The highest BCUT2D eigenvalue weighted by Gasteiger charge is 2.35. The van der Waals surface area contributed by atoms with E-state index >= 15 is 0 Å². The van der Waals surface area contributed by atoms with Gasteiger partial charge in [0.2, 0.25) is 21.7 Å². The Balaban J connectivity index is 1.79. The van der Waals surface area contributed by atoms with Crippen molar-refractivity contribution in [3.05, 3.63) is 70.7 Å². The van der Waals surface area contributed by atoms with Gasteiger partial charge < -0.3 is 4.74 Å². The highest BCUT2D eigenvalue weighted by Crippen LogP contribution is 2.29. The van der Waals surface area contributed by atoms with Crippen molar-refractivity contribution in [1.29, 1.82) is 0 Å². The molecule has 2 aromatic heterocycles. The van der Waals surface area contributed by atoms with Gasteiger partial charge in [0, 0.05) is 30.6 Å². The molecule has 0 aliphatic heterocycles. The number of aromatic nitrogens is 4. The van der Waals surface area contributed by atoms with Crippen molar-refractivity contribution in [2.24, 2.45) is 0 Å². The van der Waals surface area contributed by atoms with Crippen LogP contribution in [0.3, 0.4) is 0 Å². The number of halogens is 4. The second-order valence-corrected chi connectivity index (χ2v) is 8.91. The van der Waals surface area contributed by atoms with E-state index in [0.717, 1.165) is 0 Å². The minimum absolute atomic E-state index is 0.0950. The van der Waals surface area contributed by atoms with Gasteiger partial charge in [-0.1, -0.05) is 23.7 Å². The molecule has 0 amide bonds. The molecule has 0 atom stereocenters. The molecule has 0 radical (unpaired) electrons. The van der Waals surface area contributed by atoms with E-state index in [0.29, 0.717) is 16.4 Å². The van der Waals surface area contributed by atoms with Gasteiger partial charge >= 0.3 is 6.18 Å². The molecule has 3 aromatic rings. The van der Waals surface area contributed by atoms with Gasteiger partial charge in [-0.25, -0.2) is 28.1 Å². The molecule has 170 valence electrons. The minimum Gasteiger partial charge on any atom is -0.439 e. The van der Waals surface area contributed by atoms with Gasteiger partial charge in [0.1, 0.15) is 11.6 Å². The first-order chi connectivity index (χ1) is 15.0. The SMILES string of the molecule is CNS(=O)(=O)Cc1ccc(Oc2cc(CCc3ncc(Cl)cn3)nc(C(F)(F)F)n2)cc1. The van der Waals surface area contributed by atoms with Crippen LogP contribution < -0.4 is 9.46 Å². The Bertz CT molecular complexity index is 1170. The smallest absolute Gasteiger partial charge is 0.439 e. The number of hydrogen-bond donors (Lipinski definition) is 1. The van der Waals surface area contributed by atoms with Crippen LogP contribution in [-0.4, -0.2) is 35.4 Å². The average molecular weight is 488 g/mol. The molecule has 2 heterocycles. The van der Waals surface area contributed by atoms with E-state index in [1.165, 1.54) is 49.8 Å². The minimum atomic E-state index is -4.77. The first kappa shape index (κ1) is 23.8. The van der Waals surface area contributed by atoms with Gasteiger partial charge in [-0.05, 0) is 31.2 Å². The van der Waals surface area contributed by atoms with Gasteiger partial charge in [-0.3, -0.25) is 0 Å². The second-order valence-electron chi connectivity index (χ2n) is 6.55. The molecule has 0 bridgehead atoms. The fourth-order valence-corrected chi connectivity index (χ4v) is 3.43. The molecule has 0 spiro atoms. The summed E-state index contributed by atoms with van der Waals surface area (Å²) in [6, 6.07) is 7.17. The molecule has 0 saturated carbocycles. The zero-order chi connectivity index (χ0) is 23.4. The van der Waals surface area contributed by atoms with E-state index in [1.54, 1.807) is 0 Å². The summed E-state index contributed by atoms with van der Waals surface area (Å²) >= 11 is 5.73. The summed E-state index contributed by atoms with van der Waals surface area (Å²) in [5.41, 5.74) is 0.576. The maximum Gasteiger partial charge on any atom is 0.451 e. The first-order valence-corrected chi connectivity index (χ1v) is 11.2. The lowest BCUT2D eigenvalue weighted by Crippen LogP contribution is -2.20. The maximum atomic E-state index is 13.3. The Hall–Kier alpha value is -2.83. The van der Waals surface area contributed by atoms with E-state index in [9.17, 15) is 21.6 Å². The summed E-state index contributed by atoms with van der Waals surface area (Å²) in [6.45, 7) is 0. The fourth-order valence-electron chi connectivity index (χ4n) is 2.55. The lowest BCUT2D eigenvalue weighted by molar-refractivity contribution is -0.145. The largest absolute Gasteiger partial charge is 0.451 e. The molecular formula is C19H17ClF3N5O3S. The van der Waals surface area contributed by atoms with E-state index in [1.807, 2.05) is 0 Å². The van der Waals surface area contributed by atoms with Crippen LogP contribution in [0.15, 0.2) is 42.7 Å². The number of aryl methyl sites for hydroxylation is 2. The van der Waals surface area contributed by atoms with Crippen molar-refractivity contribution in [3.63, 3.8) is 0 Å². The van der Waals surface area contributed by atoms with Crippen LogP contribution in [0.5, 0.6) is 11.6 Å². The Labute approximate surface area is 186 Å². The number of hydrogen-bond acceptors (Lipinski definition) is 7. The number of nitrogens with zero attached hydrogens (tertiary/aromatic N) is 4. The molecule has 8 nitrogen and oxygen atoms in total. The third kappa shape index (κ3) is 6.84. The lowest BCUT2D eigenvalue weighted by Gasteiger charge is -2.11. The van der Waals surface area contributed by atoms with Crippen molar-refractivity contribution >= 4 is 21.6 Å². The number of ether oxygens (including phenoxy) is 1. The molecule has 13 heteroatoms. The van der Waals surface area contributed by atoms with Crippen molar-refractivity contribution in [2.75, 3.05) is 7.05 Å². The van der Waals surface area contributed by atoms with Crippen molar-refractivity contribution in [3.8, 4) is 11.6 Å². The normalized spacial score (nSPS) is 12.0. The van der Waals surface area contributed by atoms with Crippen LogP contribution in [0.25, 0.3) is 0 Å². The third-order valence-electron chi connectivity index (χ3n) is 4.10. The first-order valence-electron chi connectivity index (χ1n) is 9.14. The number of sulfonamides is 1. The molecular weight excluding hydrogens is 471 g/mol. The maximum absolute atomic E-state index is 13.3. The summed E-state index contributed by atoms with van der Waals surface area (Å²) in [7, 11) is -2.16. The van der Waals surface area contributed by atoms with Gasteiger partial charge in [0.15, 0.2) is 0 Å². The predicted octanol–water partition coefficient (Wildman–Crippen LogP) is 3.57. The monoisotopic (exact) mass is 487 g/mol. The van der Waals surface area contributed by atoms with Gasteiger partial charge in [-0.2, -0.15) is 18.2 Å². The van der Waals surface area contributed by atoms with E-state index in [4.69, 9.17) is 16.3 Å². The molecule has 0 saturated heterocycles. The van der Waals surface area contributed by atoms with E-state index in [2.05, 4.69) is 24.7 Å². The number of alkyl halides is 3. The van der Waals surface area contributed by atoms with Crippen molar-refractivity contribution < 1.29 is 26.3 Å². The molecule has 0 aliphatic rings. The Morgan fingerprint density at radius 1 is 1.06 bits per heavy atom. The summed E-state index contributed by atoms with van der Waals surface area (Å²) < 4.78 is 70.7. The third-order valence-corrected chi connectivity index (χ3v) is 5.63. The van der Waals surface area contributed by atoms with E-state index in [-0.39, 0.29) is 35.9 Å². The van der Waals surface area contributed by atoms with E-state index < -0.39 is 22.0 Å². The van der Waals surface area contributed by atoms with Crippen LogP contribution in [0.2, 0.25) is 5.02 Å². The molecule has 0 fully saturated rings. The molecule has 1 N–H and O–H groups in total. The van der Waals surface area contributed by atoms with Gasteiger partial charge in [0.25, 0.3) is 0 Å². The van der Waals surface area contributed by atoms with Crippen molar-refractivity contribution in [1.82, 2.24) is 24.7 Å². The predicted molar refractivity (Wildman–Crippen MR) is 110 cm³/mol. The Morgan fingerprint density at radius 2 is 1.72 bits per heavy atom. The van der Waals surface area contributed by atoms with Crippen LogP contribution in [0, 0.1) is 0 Å². The van der Waals surface area contributed by atoms with Gasteiger partial charge in [-0.15, -0.1) is 0 Å². The van der Waals surface area contributed by atoms with Gasteiger partial charge in [0.05, 0.1) is 10.8 Å². The Morgan fingerprint density at radius 3 is 2.31 bits per heavy atom. The molecule has 3 rings (SSSR count). The van der Waals surface area contributed by atoms with Crippen LogP contribution >= 0.6 is 11.6 Å². The second kappa shape index (κ2) is 9.76. The average Bonchev–Trinajstić information content (AvgIpc) is 2.74. The summed E-state index contributed by atoms with van der Waals surface area (Å²) in [5.74, 6) is -1.29. The highest BCUT2D eigenvalue weighted by atomic mass is 35.5. The quantitative estimate of drug-likeness (QED) is 0.517. The molecule has 32 heavy (non-hydrogen) atoms. The van der Waals surface area contributed by atoms with Crippen LogP contribution in [0.1, 0.15) is 22.9 Å². The standard InChI is InChI=1S/C19H17ClF3N5O3S/c1-24-32(29,30)11-12-2-5-15(6-3-12)31-17-8-14(27-18(28-17)19(21,22)23)4-7-16-25-9-13(20)10-26-16/h2-3,5-6,8-10,24H,4,7,11H2,1H3. The number of rotatable bonds is 8. The van der Waals surface area contributed by atoms with Crippen molar-refractivity contribution in [2.45, 2.75) is 24.8 Å². The fraction of sp³-hybridized carbons (Fsp3) is 0.263. The van der Waals surface area contributed by atoms with Crippen LogP contribution in [0.4, 0.5) is 13.2 Å². The zero-order valence-corrected chi connectivity index (χ0v) is 18.2. The lowest BCUT2D eigenvalue weighted by atomic mass is 10.2. The summed E-state index contributed by atoms with van der Waals surface area (Å²) in [4.78, 5) is 15.0. The summed E-state index contributed by atoms with van der Waals surface area (Å²) in [5, 5.41) is 0.348. The molecule has 0 aliphatic carbocycles. The summed E-state index contributed by atoms with van der Waals surface area (Å²) in [6.07, 6.45) is -1.63. The zero-order valence-electron chi connectivity index (χ0n) is 16.6. The molecule has 0 unspecified atom stereocenters. The highest BCUT2D eigenvalue weighted by molar-refractivity contribution is 7.88. The topological polar surface area (TPSA) is 107 Å². The van der Waals surface area contributed by atoms with Crippen LogP contribution in [-0.2, 0) is 34.8 Å².